The molecule has 1 aromatic carbocycles. The van der Waals surface area contributed by atoms with Crippen molar-refractivity contribution in [2.24, 2.45) is 0 Å². The smallest absolute Gasteiger partial charge is 0.338 e. The zero-order valence-electron chi connectivity index (χ0n) is 15.5. The van der Waals surface area contributed by atoms with Gasteiger partial charge in [0.1, 0.15) is 42.4 Å². The molecule has 30 heavy (non-hydrogen) atoms. The van der Waals surface area contributed by atoms with E-state index < -0.39 is 74.0 Å². The second-order valence-electron chi connectivity index (χ2n) is 6.96. The molecule has 168 valence electrons. The summed E-state index contributed by atoms with van der Waals surface area (Å²) < 4.78 is 20.9. The standard InChI is InChI=1S/C18H24O12/c19-6-8-9(20)11(22)15(18(28-8)27-7-4-2-1-3-5-7)30-17(26)14-12(23)10(21)13(24)16(25)29-14/h1-5,8-16,18-25H,6H2/t8-,9-,10+,11+,12+,13-,14+,15-,16-,18+/m1/s1. The van der Waals surface area contributed by atoms with Crippen molar-refractivity contribution >= 4 is 5.97 Å². The van der Waals surface area contributed by atoms with Crippen LogP contribution in [0.2, 0.25) is 0 Å². The van der Waals surface area contributed by atoms with E-state index >= 15 is 0 Å². The van der Waals surface area contributed by atoms with Crippen molar-refractivity contribution in [3.63, 3.8) is 0 Å². The number of carbonyl (C=O) groups is 1. The van der Waals surface area contributed by atoms with Crippen LogP contribution in [0.5, 0.6) is 5.75 Å². The number of esters is 1. The first-order chi connectivity index (χ1) is 14.2. The van der Waals surface area contributed by atoms with E-state index in [1.165, 1.54) is 0 Å². The molecule has 12 heteroatoms. The number of rotatable bonds is 5. The number of benzene rings is 1. The van der Waals surface area contributed by atoms with Crippen molar-refractivity contribution in [2.75, 3.05) is 6.61 Å². The van der Waals surface area contributed by atoms with E-state index in [1.807, 2.05) is 0 Å². The Morgan fingerprint density at radius 1 is 0.867 bits per heavy atom. The number of carbonyl (C=O) groups excluding carboxylic acids is 1. The summed E-state index contributed by atoms with van der Waals surface area (Å²) in [5.74, 6) is -1.05. The molecule has 2 fully saturated rings. The number of aliphatic hydroxyl groups is 7. The summed E-state index contributed by atoms with van der Waals surface area (Å²) in [6.45, 7) is -0.658. The van der Waals surface area contributed by atoms with Crippen LogP contribution in [0.1, 0.15) is 0 Å². The fraction of sp³-hybridized carbons (Fsp3) is 0.611. The predicted molar refractivity (Wildman–Crippen MR) is 93.6 cm³/mol. The molecule has 7 N–H and O–H groups in total. The van der Waals surface area contributed by atoms with Gasteiger partial charge in [-0.05, 0) is 12.1 Å². The first-order valence-corrected chi connectivity index (χ1v) is 9.17. The van der Waals surface area contributed by atoms with Gasteiger partial charge >= 0.3 is 5.97 Å². The molecule has 0 unspecified atom stereocenters. The highest BCUT2D eigenvalue weighted by molar-refractivity contribution is 5.76. The molecule has 0 aromatic heterocycles. The fourth-order valence-corrected chi connectivity index (χ4v) is 3.17. The van der Waals surface area contributed by atoms with Gasteiger partial charge in [-0.2, -0.15) is 0 Å². The van der Waals surface area contributed by atoms with Gasteiger partial charge in [0.25, 0.3) is 0 Å². The first-order valence-electron chi connectivity index (χ1n) is 9.17. The third-order valence-corrected chi connectivity index (χ3v) is 4.89. The summed E-state index contributed by atoms with van der Waals surface area (Å²) in [6.07, 6.45) is -17.3. The number of ether oxygens (including phenoxy) is 4. The summed E-state index contributed by atoms with van der Waals surface area (Å²) in [7, 11) is 0. The van der Waals surface area contributed by atoms with Gasteiger partial charge in [-0.25, -0.2) is 4.79 Å². The fourth-order valence-electron chi connectivity index (χ4n) is 3.17. The largest absolute Gasteiger partial charge is 0.461 e. The molecular weight excluding hydrogens is 408 g/mol. The van der Waals surface area contributed by atoms with Crippen LogP contribution in [0.25, 0.3) is 0 Å². The lowest BCUT2D eigenvalue weighted by atomic mass is 9.97. The Bertz CT molecular complexity index is 702. The van der Waals surface area contributed by atoms with Crippen molar-refractivity contribution in [1.29, 1.82) is 0 Å². The lowest BCUT2D eigenvalue weighted by Gasteiger charge is -2.42. The predicted octanol–water partition coefficient (Wildman–Crippen LogP) is -3.78. The summed E-state index contributed by atoms with van der Waals surface area (Å²) in [5.41, 5.74) is 0. The van der Waals surface area contributed by atoms with Gasteiger partial charge in [-0.3, -0.25) is 0 Å². The Balaban J connectivity index is 1.78. The SMILES string of the molecule is O=C(O[C@H]1[C@@H](Oc2ccccc2)O[C@H](CO)[C@@H](O)[C@@H]1O)[C@H]1O[C@@H](O)[C@H](O)[C@@H](O)[C@@H]1O. The minimum absolute atomic E-state index is 0.270. The number of para-hydroxylation sites is 1. The van der Waals surface area contributed by atoms with Gasteiger partial charge in [0.2, 0.25) is 6.29 Å². The van der Waals surface area contributed by atoms with Crippen LogP contribution in [0.4, 0.5) is 0 Å². The maximum atomic E-state index is 12.5. The van der Waals surface area contributed by atoms with E-state index in [9.17, 15) is 40.5 Å². The molecule has 2 aliphatic heterocycles. The van der Waals surface area contributed by atoms with Gasteiger partial charge in [0, 0.05) is 0 Å². The first kappa shape index (κ1) is 22.8. The molecule has 3 rings (SSSR count). The Morgan fingerprint density at radius 2 is 1.53 bits per heavy atom. The minimum Gasteiger partial charge on any atom is -0.461 e. The molecule has 0 amide bonds. The van der Waals surface area contributed by atoms with Crippen molar-refractivity contribution < 1.29 is 59.5 Å². The Hall–Kier alpha value is -1.87. The van der Waals surface area contributed by atoms with Crippen molar-refractivity contribution in [3.8, 4) is 5.75 Å². The summed E-state index contributed by atoms with van der Waals surface area (Å²) in [6, 6.07) is 8.11. The average molecular weight is 432 g/mol. The Labute approximate surface area is 170 Å². The molecule has 1 aromatic rings. The van der Waals surface area contributed by atoms with Gasteiger partial charge in [-0.15, -0.1) is 0 Å². The van der Waals surface area contributed by atoms with Crippen LogP contribution in [-0.4, -0.2) is 110 Å². The topological polar surface area (TPSA) is 196 Å². The van der Waals surface area contributed by atoms with Crippen LogP contribution < -0.4 is 4.74 Å². The van der Waals surface area contributed by atoms with E-state index in [4.69, 9.17) is 18.9 Å². The highest BCUT2D eigenvalue weighted by Gasteiger charge is 2.51. The molecule has 12 nitrogen and oxygen atoms in total. The second-order valence-corrected chi connectivity index (χ2v) is 6.96. The van der Waals surface area contributed by atoms with Crippen LogP contribution in [0, 0.1) is 0 Å². The molecule has 0 saturated carbocycles. The van der Waals surface area contributed by atoms with Crippen molar-refractivity contribution in [2.45, 2.75) is 61.4 Å². The maximum absolute atomic E-state index is 12.5. The summed E-state index contributed by atoms with van der Waals surface area (Å²) >= 11 is 0. The maximum Gasteiger partial charge on any atom is 0.338 e. The van der Waals surface area contributed by atoms with Gasteiger partial charge < -0.3 is 54.7 Å². The molecule has 10 atom stereocenters. The molecule has 2 aliphatic rings. The quantitative estimate of drug-likeness (QED) is 0.225. The highest BCUT2D eigenvalue weighted by atomic mass is 16.7. The van der Waals surface area contributed by atoms with E-state index in [-0.39, 0.29) is 5.75 Å². The Kier molecular flexibility index (Phi) is 7.23. The molecule has 0 spiro atoms. The number of hydrogen-bond acceptors (Lipinski definition) is 12. The second kappa shape index (κ2) is 9.51. The zero-order chi connectivity index (χ0) is 22.0. The third-order valence-electron chi connectivity index (χ3n) is 4.89. The van der Waals surface area contributed by atoms with Crippen molar-refractivity contribution in [3.05, 3.63) is 30.3 Å². The van der Waals surface area contributed by atoms with Gasteiger partial charge in [-0.1, -0.05) is 18.2 Å². The van der Waals surface area contributed by atoms with E-state index in [2.05, 4.69) is 0 Å². The van der Waals surface area contributed by atoms with E-state index in [0.29, 0.717) is 0 Å². The monoisotopic (exact) mass is 432 g/mol. The zero-order valence-corrected chi connectivity index (χ0v) is 15.5. The molecule has 0 radical (unpaired) electrons. The van der Waals surface area contributed by atoms with Crippen LogP contribution >= 0.6 is 0 Å². The normalized spacial score (nSPS) is 41.8. The Morgan fingerprint density at radius 3 is 2.17 bits per heavy atom. The molecule has 2 heterocycles. The molecule has 0 aliphatic carbocycles. The van der Waals surface area contributed by atoms with Gasteiger partial charge in [0.05, 0.1) is 6.61 Å². The summed E-state index contributed by atoms with van der Waals surface area (Å²) in [4.78, 5) is 12.5. The molecular formula is C18H24O12. The number of aliphatic hydroxyl groups excluding tert-OH is 7. The van der Waals surface area contributed by atoms with Crippen LogP contribution in [-0.2, 0) is 19.0 Å². The average Bonchev–Trinajstić information content (AvgIpc) is 2.74. The highest BCUT2D eigenvalue weighted by Crippen LogP contribution is 2.28. The van der Waals surface area contributed by atoms with Crippen molar-refractivity contribution in [1.82, 2.24) is 0 Å². The van der Waals surface area contributed by atoms with Crippen LogP contribution in [0.15, 0.2) is 30.3 Å². The lowest BCUT2D eigenvalue weighted by molar-refractivity contribution is -0.300. The third kappa shape index (κ3) is 4.56. The summed E-state index contributed by atoms with van der Waals surface area (Å²) in [5, 5.41) is 68.7. The van der Waals surface area contributed by atoms with Gasteiger partial charge in [0.15, 0.2) is 18.5 Å². The number of hydrogen-bond donors (Lipinski definition) is 7. The lowest BCUT2D eigenvalue weighted by Crippen LogP contribution is -2.64. The molecule has 2 saturated heterocycles. The molecule has 0 bridgehead atoms. The van der Waals surface area contributed by atoms with E-state index in [0.717, 1.165) is 0 Å². The minimum atomic E-state index is -1.98. The van der Waals surface area contributed by atoms with Crippen LogP contribution in [0.3, 0.4) is 0 Å². The van der Waals surface area contributed by atoms with E-state index in [1.54, 1.807) is 30.3 Å².